The van der Waals surface area contributed by atoms with Crippen LogP contribution in [0.1, 0.15) is 19.5 Å². The molecule has 4 heteroatoms. The van der Waals surface area contributed by atoms with Crippen molar-refractivity contribution in [2.24, 2.45) is 5.92 Å². The largest absolute Gasteiger partial charge is 0.396 e. The Morgan fingerprint density at radius 3 is 2.81 bits per heavy atom. The second-order valence-electron chi connectivity index (χ2n) is 5.25. The maximum absolute atomic E-state index is 13.9. The molecule has 1 unspecified atom stereocenters. The van der Waals surface area contributed by atoms with Crippen LogP contribution in [0.2, 0.25) is 0 Å². The maximum atomic E-state index is 13.9. The van der Waals surface area contributed by atoms with E-state index in [1.807, 2.05) is 38.1 Å². The monoisotopic (exact) mass is 287 g/mol. The summed E-state index contributed by atoms with van der Waals surface area (Å²) in [6.45, 7) is 4.35. The molecule has 2 atom stereocenters. The van der Waals surface area contributed by atoms with Gasteiger partial charge in [-0.25, -0.2) is 9.37 Å². The first-order valence-corrected chi connectivity index (χ1v) is 7.08. The van der Waals surface area contributed by atoms with Gasteiger partial charge in [0.2, 0.25) is 0 Å². The Morgan fingerprint density at radius 1 is 1.33 bits per heavy atom. The molecule has 0 aliphatic heterocycles. The normalized spacial score (nSPS) is 13.9. The number of aliphatic hydroxyl groups is 1. The van der Waals surface area contributed by atoms with Crippen molar-refractivity contribution in [3.05, 3.63) is 54.0 Å². The number of pyridine rings is 1. The topological polar surface area (TPSA) is 45.1 Å². The van der Waals surface area contributed by atoms with Gasteiger partial charge in [-0.1, -0.05) is 25.1 Å². The quantitative estimate of drug-likeness (QED) is 0.858. The second kappa shape index (κ2) is 7.29. The third-order valence-corrected chi connectivity index (χ3v) is 3.65. The highest BCUT2D eigenvalue weighted by atomic mass is 19.1. The summed E-state index contributed by atoms with van der Waals surface area (Å²) < 4.78 is 13.9. The van der Waals surface area contributed by atoms with Crippen LogP contribution in [-0.2, 0) is 6.54 Å². The van der Waals surface area contributed by atoms with E-state index in [-0.39, 0.29) is 24.4 Å². The molecule has 21 heavy (non-hydrogen) atoms. The predicted octanol–water partition coefficient (Wildman–Crippen LogP) is 2.79. The first kappa shape index (κ1) is 15.6. The number of hydrogen-bond donors (Lipinski definition) is 2. The van der Waals surface area contributed by atoms with Crippen LogP contribution in [0.5, 0.6) is 0 Å². The molecule has 1 radical (unpaired) electrons. The van der Waals surface area contributed by atoms with Gasteiger partial charge in [-0.3, -0.25) is 0 Å². The van der Waals surface area contributed by atoms with E-state index < -0.39 is 0 Å². The first-order chi connectivity index (χ1) is 10.1. The highest BCUT2D eigenvalue weighted by Gasteiger charge is 2.13. The summed E-state index contributed by atoms with van der Waals surface area (Å²) in [5.41, 5.74) is 2.02. The zero-order valence-corrected chi connectivity index (χ0v) is 12.3. The Hall–Kier alpha value is -1.78. The molecule has 0 amide bonds. The summed E-state index contributed by atoms with van der Waals surface area (Å²) in [5, 5.41) is 12.3. The number of halogens is 1. The summed E-state index contributed by atoms with van der Waals surface area (Å²) in [6, 6.07) is 13.6. The Morgan fingerprint density at radius 2 is 2.14 bits per heavy atom. The van der Waals surface area contributed by atoms with Crippen molar-refractivity contribution >= 4 is 0 Å². The average Bonchev–Trinajstić information content (AvgIpc) is 2.53. The van der Waals surface area contributed by atoms with Gasteiger partial charge in [0.25, 0.3) is 0 Å². The van der Waals surface area contributed by atoms with Gasteiger partial charge in [0.1, 0.15) is 5.82 Å². The van der Waals surface area contributed by atoms with Crippen LogP contribution in [-0.4, -0.2) is 22.7 Å². The minimum absolute atomic E-state index is 0.0879. The van der Waals surface area contributed by atoms with E-state index in [0.717, 1.165) is 11.3 Å². The van der Waals surface area contributed by atoms with Gasteiger partial charge >= 0.3 is 0 Å². The van der Waals surface area contributed by atoms with E-state index >= 15 is 0 Å². The number of nitrogens with zero attached hydrogens (tertiary/aromatic N) is 1. The lowest BCUT2D eigenvalue weighted by Crippen LogP contribution is -2.33. The molecular weight excluding hydrogens is 267 g/mol. The number of rotatable bonds is 6. The predicted molar refractivity (Wildman–Crippen MR) is 81.0 cm³/mol. The van der Waals surface area contributed by atoms with Crippen LogP contribution < -0.4 is 5.32 Å². The number of aliphatic hydroxyl groups excluding tert-OH is 1. The van der Waals surface area contributed by atoms with Gasteiger partial charge in [-0.05, 0) is 37.1 Å². The number of hydrogen-bond acceptors (Lipinski definition) is 3. The molecule has 0 saturated heterocycles. The third-order valence-electron chi connectivity index (χ3n) is 3.65. The summed E-state index contributed by atoms with van der Waals surface area (Å²) in [7, 11) is 0. The number of benzene rings is 1. The van der Waals surface area contributed by atoms with Crippen molar-refractivity contribution < 1.29 is 9.50 Å². The van der Waals surface area contributed by atoms with Crippen molar-refractivity contribution in [1.82, 2.24) is 10.3 Å². The minimum atomic E-state index is -0.324. The molecular formula is C17H20FN2O. The van der Waals surface area contributed by atoms with Gasteiger partial charge in [0.15, 0.2) is 0 Å². The molecule has 111 valence electrons. The molecule has 1 aromatic heterocycles. The van der Waals surface area contributed by atoms with Gasteiger partial charge in [-0.2, -0.15) is 0 Å². The van der Waals surface area contributed by atoms with Crippen LogP contribution in [0, 0.1) is 17.8 Å². The standard InChI is InChI=1S/C17H20FN2O/c1-12(11-21)13(2)19-10-17-15(18)8-9-16(20-17)14-6-4-3-5-7-14/h3-4,6-9,12-13,19,21H,10-11H2,1-2H3/t12?,13-/m1/s1. The van der Waals surface area contributed by atoms with Gasteiger partial charge < -0.3 is 10.4 Å². The number of nitrogens with one attached hydrogen (secondary N) is 1. The number of aromatic nitrogens is 1. The zero-order chi connectivity index (χ0) is 15.2. The molecule has 0 saturated carbocycles. The zero-order valence-electron chi connectivity index (χ0n) is 12.3. The first-order valence-electron chi connectivity index (χ1n) is 7.08. The van der Waals surface area contributed by atoms with Crippen molar-refractivity contribution in [2.75, 3.05) is 6.61 Å². The van der Waals surface area contributed by atoms with Crippen LogP contribution in [0.25, 0.3) is 11.3 Å². The van der Waals surface area contributed by atoms with E-state index in [2.05, 4.69) is 16.4 Å². The van der Waals surface area contributed by atoms with Crippen molar-refractivity contribution in [3.8, 4) is 11.3 Å². The molecule has 3 nitrogen and oxygen atoms in total. The average molecular weight is 287 g/mol. The smallest absolute Gasteiger partial charge is 0.146 e. The minimum Gasteiger partial charge on any atom is -0.396 e. The fraction of sp³-hybridized carbons (Fsp3) is 0.353. The molecule has 2 rings (SSSR count). The Bertz CT molecular complexity index is 574. The lowest BCUT2D eigenvalue weighted by atomic mass is 10.1. The van der Waals surface area contributed by atoms with E-state index in [0.29, 0.717) is 12.2 Å². The fourth-order valence-electron chi connectivity index (χ4n) is 1.94. The molecule has 0 fully saturated rings. The maximum Gasteiger partial charge on any atom is 0.146 e. The molecule has 0 aliphatic carbocycles. The lowest BCUT2D eigenvalue weighted by molar-refractivity contribution is 0.206. The van der Waals surface area contributed by atoms with E-state index in [1.165, 1.54) is 6.07 Å². The molecule has 2 N–H and O–H groups in total. The second-order valence-corrected chi connectivity index (χ2v) is 5.25. The Kier molecular flexibility index (Phi) is 5.42. The fourth-order valence-corrected chi connectivity index (χ4v) is 1.94. The van der Waals surface area contributed by atoms with Crippen LogP contribution in [0.4, 0.5) is 4.39 Å². The van der Waals surface area contributed by atoms with E-state index in [4.69, 9.17) is 5.11 Å². The highest BCUT2D eigenvalue weighted by Crippen LogP contribution is 2.18. The lowest BCUT2D eigenvalue weighted by Gasteiger charge is -2.19. The Balaban J connectivity index is 2.13. The molecule has 0 spiro atoms. The SMILES string of the molecule is CC(CO)[C@@H](C)NCc1nc(-c2c[c]ccc2)ccc1F. The summed E-state index contributed by atoms with van der Waals surface area (Å²) >= 11 is 0. The summed E-state index contributed by atoms with van der Waals surface area (Å²) in [4.78, 5) is 4.38. The van der Waals surface area contributed by atoms with Crippen LogP contribution in [0.15, 0.2) is 36.4 Å². The van der Waals surface area contributed by atoms with Crippen LogP contribution in [0.3, 0.4) is 0 Å². The Labute approximate surface area is 124 Å². The molecule has 0 bridgehead atoms. The third kappa shape index (κ3) is 4.09. The molecule has 0 aliphatic rings. The molecule has 1 aromatic carbocycles. The molecule has 2 aromatic rings. The van der Waals surface area contributed by atoms with Gasteiger partial charge in [0.05, 0.1) is 11.4 Å². The van der Waals surface area contributed by atoms with Crippen molar-refractivity contribution in [2.45, 2.75) is 26.4 Å². The van der Waals surface area contributed by atoms with Crippen molar-refractivity contribution in [1.29, 1.82) is 0 Å². The van der Waals surface area contributed by atoms with E-state index in [9.17, 15) is 4.39 Å². The summed E-state index contributed by atoms with van der Waals surface area (Å²) in [6.07, 6.45) is 0. The van der Waals surface area contributed by atoms with Crippen LogP contribution >= 0.6 is 0 Å². The van der Waals surface area contributed by atoms with Crippen molar-refractivity contribution in [3.63, 3.8) is 0 Å². The van der Waals surface area contributed by atoms with Gasteiger partial charge in [-0.15, -0.1) is 0 Å². The highest BCUT2D eigenvalue weighted by molar-refractivity contribution is 5.58. The molecule has 1 heterocycles. The summed E-state index contributed by atoms with van der Waals surface area (Å²) in [5.74, 6) is -0.213. The van der Waals surface area contributed by atoms with E-state index in [1.54, 1.807) is 6.07 Å². The van der Waals surface area contributed by atoms with Gasteiger partial charge in [0, 0.05) is 24.8 Å².